The Balaban J connectivity index is 2.11. The van der Waals surface area contributed by atoms with E-state index in [0.717, 1.165) is 31.9 Å². The van der Waals surface area contributed by atoms with E-state index in [4.69, 9.17) is 16.2 Å². The fraction of sp³-hybridized carbons (Fsp3) is 0.462. The monoisotopic (exact) mass is 249 g/mol. The van der Waals surface area contributed by atoms with E-state index < -0.39 is 5.91 Å². The molecule has 0 bridgehead atoms. The zero-order valence-corrected chi connectivity index (χ0v) is 10.6. The number of nitrogens with zero attached hydrogens (tertiary/aromatic N) is 1. The predicted molar refractivity (Wildman–Crippen MR) is 70.1 cm³/mol. The summed E-state index contributed by atoms with van der Waals surface area (Å²) in [4.78, 5) is 13.4. The maximum absolute atomic E-state index is 11.0. The number of nitrogens with two attached hydrogens (primary N) is 2. The highest BCUT2D eigenvalue weighted by atomic mass is 16.5. The number of anilines is 1. The highest BCUT2D eigenvalue weighted by molar-refractivity contribution is 5.93. The third-order valence-corrected chi connectivity index (χ3v) is 3.31. The number of carbonyl (C=O) groups is 1. The van der Waals surface area contributed by atoms with Crippen molar-refractivity contribution in [1.29, 1.82) is 0 Å². The van der Waals surface area contributed by atoms with Gasteiger partial charge in [-0.2, -0.15) is 0 Å². The van der Waals surface area contributed by atoms with Gasteiger partial charge in [-0.05, 0) is 24.6 Å². The van der Waals surface area contributed by atoms with Crippen LogP contribution in [0.3, 0.4) is 0 Å². The molecule has 1 unspecified atom stereocenters. The van der Waals surface area contributed by atoms with Gasteiger partial charge in [0.25, 0.3) is 0 Å². The summed E-state index contributed by atoms with van der Waals surface area (Å²) in [7, 11) is 0. The van der Waals surface area contributed by atoms with E-state index in [-0.39, 0.29) is 0 Å². The summed E-state index contributed by atoms with van der Waals surface area (Å²) in [6.07, 6.45) is 0. The maximum atomic E-state index is 11.0. The Kier molecular flexibility index (Phi) is 3.84. The molecular formula is C13H19N3O2. The van der Waals surface area contributed by atoms with Crippen LogP contribution in [0.5, 0.6) is 0 Å². The number of carbonyl (C=O) groups excluding carboxylic acids is 1. The lowest BCUT2D eigenvalue weighted by atomic mass is 10.1. The van der Waals surface area contributed by atoms with E-state index >= 15 is 0 Å². The van der Waals surface area contributed by atoms with Crippen LogP contribution in [0.4, 0.5) is 5.69 Å². The zero-order chi connectivity index (χ0) is 13.1. The summed E-state index contributed by atoms with van der Waals surface area (Å²) < 4.78 is 5.40. The van der Waals surface area contributed by atoms with E-state index in [0.29, 0.717) is 17.3 Å². The van der Waals surface area contributed by atoms with Crippen molar-refractivity contribution in [3.8, 4) is 0 Å². The fourth-order valence-corrected chi connectivity index (χ4v) is 2.11. The molecular weight excluding hydrogens is 230 g/mol. The van der Waals surface area contributed by atoms with Crippen LogP contribution in [0.1, 0.15) is 22.8 Å². The van der Waals surface area contributed by atoms with Crippen LogP contribution in [0.2, 0.25) is 0 Å². The van der Waals surface area contributed by atoms with E-state index in [2.05, 4.69) is 11.8 Å². The molecule has 1 saturated heterocycles. The molecule has 0 aliphatic carbocycles. The Hall–Kier alpha value is -1.59. The largest absolute Gasteiger partial charge is 0.398 e. The minimum Gasteiger partial charge on any atom is -0.398 e. The lowest BCUT2D eigenvalue weighted by Crippen LogP contribution is -2.43. The quantitative estimate of drug-likeness (QED) is 0.768. The van der Waals surface area contributed by atoms with Crippen molar-refractivity contribution in [1.82, 2.24) is 4.90 Å². The molecule has 0 aromatic heterocycles. The number of benzene rings is 1. The van der Waals surface area contributed by atoms with Crippen LogP contribution in [0.15, 0.2) is 18.2 Å². The first-order chi connectivity index (χ1) is 8.58. The van der Waals surface area contributed by atoms with Gasteiger partial charge in [0.05, 0.1) is 13.2 Å². The van der Waals surface area contributed by atoms with Crippen molar-refractivity contribution in [3.05, 3.63) is 29.3 Å². The minimum absolute atomic E-state index is 0.383. The molecule has 18 heavy (non-hydrogen) atoms. The normalized spacial score (nSPS) is 20.8. The molecule has 0 saturated carbocycles. The molecule has 1 aliphatic heterocycles. The van der Waals surface area contributed by atoms with E-state index in [9.17, 15) is 4.79 Å². The SMILES string of the molecule is CC1COCCN1Cc1ccc(C(N)=O)cc1N. The standard InChI is InChI=1S/C13H19N3O2/c1-9-8-18-5-4-16(9)7-11-3-2-10(13(15)17)6-12(11)14/h2-3,6,9H,4-5,7-8,14H2,1H3,(H2,15,17). The number of morpholine rings is 1. The van der Waals surface area contributed by atoms with Gasteiger partial charge < -0.3 is 16.2 Å². The van der Waals surface area contributed by atoms with Gasteiger partial charge in [0.2, 0.25) is 5.91 Å². The lowest BCUT2D eigenvalue weighted by Gasteiger charge is -2.33. The minimum atomic E-state index is -0.451. The molecule has 1 atom stereocenters. The second-order valence-electron chi connectivity index (χ2n) is 4.67. The van der Waals surface area contributed by atoms with Crippen LogP contribution in [-0.2, 0) is 11.3 Å². The maximum Gasteiger partial charge on any atom is 0.248 e. The molecule has 5 nitrogen and oxygen atoms in total. The van der Waals surface area contributed by atoms with E-state index in [1.807, 2.05) is 6.07 Å². The number of hydrogen-bond donors (Lipinski definition) is 2. The molecule has 1 aliphatic rings. The summed E-state index contributed by atoms with van der Waals surface area (Å²) in [5, 5.41) is 0. The van der Waals surface area contributed by atoms with Gasteiger partial charge in [-0.15, -0.1) is 0 Å². The molecule has 1 aromatic rings. The van der Waals surface area contributed by atoms with Crippen molar-refractivity contribution in [2.24, 2.45) is 5.73 Å². The lowest BCUT2D eigenvalue weighted by molar-refractivity contribution is -0.00427. The average molecular weight is 249 g/mol. The van der Waals surface area contributed by atoms with E-state index in [1.54, 1.807) is 12.1 Å². The number of primary amides is 1. The first-order valence-corrected chi connectivity index (χ1v) is 6.08. The van der Waals surface area contributed by atoms with Crippen LogP contribution in [-0.4, -0.2) is 36.6 Å². The number of nitrogen functional groups attached to an aromatic ring is 1. The predicted octanol–water partition coefficient (Wildman–Crippen LogP) is 0.588. The summed E-state index contributed by atoms with van der Waals surface area (Å²) in [5.74, 6) is -0.451. The number of rotatable bonds is 3. The van der Waals surface area contributed by atoms with Gasteiger partial charge in [-0.1, -0.05) is 6.07 Å². The van der Waals surface area contributed by atoms with Crippen molar-refractivity contribution >= 4 is 11.6 Å². The van der Waals surface area contributed by atoms with E-state index in [1.165, 1.54) is 0 Å². The molecule has 2 rings (SSSR count). The second-order valence-corrected chi connectivity index (χ2v) is 4.67. The summed E-state index contributed by atoms with van der Waals surface area (Å²) in [6.45, 7) is 5.31. The third-order valence-electron chi connectivity index (χ3n) is 3.31. The van der Waals surface area contributed by atoms with Crippen molar-refractivity contribution in [2.75, 3.05) is 25.5 Å². The molecule has 0 spiro atoms. The van der Waals surface area contributed by atoms with Crippen LogP contribution >= 0.6 is 0 Å². The van der Waals surface area contributed by atoms with Gasteiger partial charge in [0.1, 0.15) is 0 Å². The topological polar surface area (TPSA) is 81.6 Å². The van der Waals surface area contributed by atoms with Gasteiger partial charge in [-0.25, -0.2) is 0 Å². The van der Waals surface area contributed by atoms with Gasteiger partial charge in [0, 0.05) is 30.4 Å². The van der Waals surface area contributed by atoms with Crippen molar-refractivity contribution < 1.29 is 9.53 Å². The third kappa shape index (κ3) is 2.80. The molecule has 4 N–H and O–H groups in total. The molecule has 5 heteroatoms. The second kappa shape index (κ2) is 5.37. The first kappa shape index (κ1) is 12.9. The van der Waals surface area contributed by atoms with Crippen molar-refractivity contribution in [2.45, 2.75) is 19.5 Å². The first-order valence-electron chi connectivity index (χ1n) is 6.08. The van der Waals surface area contributed by atoms with Crippen molar-refractivity contribution in [3.63, 3.8) is 0 Å². The van der Waals surface area contributed by atoms with Crippen LogP contribution in [0.25, 0.3) is 0 Å². The number of amides is 1. The van der Waals surface area contributed by atoms with Gasteiger partial charge in [-0.3, -0.25) is 9.69 Å². The summed E-state index contributed by atoms with van der Waals surface area (Å²) >= 11 is 0. The van der Waals surface area contributed by atoms with Gasteiger partial charge >= 0.3 is 0 Å². The molecule has 1 fully saturated rings. The molecule has 98 valence electrons. The Morgan fingerprint density at radius 2 is 2.33 bits per heavy atom. The number of ether oxygens (including phenoxy) is 1. The smallest absolute Gasteiger partial charge is 0.248 e. The van der Waals surface area contributed by atoms with Crippen LogP contribution in [0, 0.1) is 0 Å². The van der Waals surface area contributed by atoms with Crippen LogP contribution < -0.4 is 11.5 Å². The summed E-state index contributed by atoms with van der Waals surface area (Å²) in [5.41, 5.74) is 13.3. The highest BCUT2D eigenvalue weighted by Gasteiger charge is 2.19. The molecule has 1 amide bonds. The fourth-order valence-electron chi connectivity index (χ4n) is 2.11. The average Bonchev–Trinajstić information content (AvgIpc) is 2.34. The Labute approximate surface area is 107 Å². The Morgan fingerprint density at radius 3 is 2.94 bits per heavy atom. The molecule has 0 radical (unpaired) electrons. The molecule has 1 heterocycles. The number of hydrogen-bond acceptors (Lipinski definition) is 4. The zero-order valence-electron chi connectivity index (χ0n) is 10.6. The Morgan fingerprint density at radius 1 is 1.56 bits per heavy atom. The summed E-state index contributed by atoms with van der Waals surface area (Å²) in [6, 6.07) is 5.62. The molecule has 1 aromatic carbocycles. The van der Waals surface area contributed by atoms with Gasteiger partial charge in [0.15, 0.2) is 0 Å². The highest BCUT2D eigenvalue weighted by Crippen LogP contribution is 2.18. The Bertz CT molecular complexity index is 448.